The van der Waals surface area contributed by atoms with Gasteiger partial charge in [0.1, 0.15) is 11.4 Å². The van der Waals surface area contributed by atoms with Crippen LogP contribution in [0.1, 0.15) is 29.0 Å². The molecule has 1 aliphatic rings. The van der Waals surface area contributed by atoms with Crippen LogP contribution in [-0.2, 0) is 5.67 Å². The van der Waals surface area contributed by atoms with Gasteiger partial charge in [0.15, 0.2) is 10.6 Å². The molecule has 1 N–H and O–H groups in total. The van der Waals surface area contributed by atoms with Crippen LogP contribution in [0.15, 0.2) is 29.3 Å². The van der Waals surface area contributed by atoms with Crippen LogP contribution < -0.4 is 10.9 Å². The van der Waals surface area contributed by atoms with Crippen LogP contribution in [-0.4, -0.2) is 37.1 Å². The largest absolute Gasteiger partial charge is 0.316 e. The molecule has 5 rings (SSSR count). The second-order valence-electron chi connectivity index (χ2n) is 7.31. The van der Waals surface area contributed by atoms with Gasteiger partial charge in [0.05, 0.1) is 22.5 Å². The molecular formula is C19H19FN6OS. The van der Waals surface area contributed by atoms with E-state index in [0.29, 0.717) is 47.2 Å². The van der Waals surface area contributed by atoms with Crippen molar-refractivity contribution in [3.8, 4) is 11.4 Å². The number of fused-ring (bicyclic) bond motifs is 2. The number of imidazole rings is 1. The van der Waals surface area contributed by atoms with Crippen molar-refractivity contribution in [1.29, 1.82) is 0 Å². The number of alkyl halides is 1. The molecule has 0 aromatic carbocycles. The standard InChI is InChI=1S/C19H19FN6OS/c1-11-7-14(24-26-9-12(2)22-17(11)26)13-8-16(27)25-10-15(28-18(25)23-13)19(20)3-5-21-6-4-19/h7-10,21H,3-6H2,1-2H3. The molecular weight excluding hydrogens is 379 g/mol. The fourth-order valence-electron chi connectivity index (χ4n) is 3.68. The Kier molecular flexibility index (Phi) is 3.85. The first-order valence-corrected chi connectivity index (χ1v) is 10.0. The number of hydrogen-bond donors (Lipinski definition) is 1. The minimum Gasteiger partial charge on any atom is -0.316 e. The second kappa shape index (κ2) is 6.18. The van der Waals surface area contributed by atoms with Crippen molar-refractivity contribution in [1.82, 2.24) is 29.3 Å². The van der Waals surface area contributed by atoms with Gasteiger partial charge in [0, 0.05) is 12.3 Å². The van der Waals surface area contributed by atoms with Crippen LogP contribution in [0.2, 0.25) is 0 Å². The van der Waals surface area contributed by atoms with Crippen molar-refractivity contribution in [2.75, 3.05) is 13.1 Å². The van der Waals surface area contributed by atoms with Crippen molar-refractivity contribution in [2.24, 2.45) is 0 Å². The SMILES string of the molecule is Cc1cn2nc(-c3cc(=O)n4cc(C5(F)CCNCC5)sc4n3)cc(C)c2n1. The normalized spacial score (nSPS) is 16.8. The molecule has 28 heavy (non-hydrogen) atoms. The van der Waals surface area contributed by atoms with Crippen molar-refractivity contribution in [3.05, 3.63) is 51.0 Å². The van der Waals surface area contributed by atoms with E-state index in [1.165, 1.54) is 21.8 Å². The molecule has 0 radical (unpaired) electrons. The van der Waals surface area contributed by atoms with E-state index in [9.17, 15) is 4.79 Å². The summed E-state index contributed by atoms with van der Waals surface area (Å²) >= 11 is 1.24. The van der Waals surface area contributed by atoms with Gasteiger partial charge >= 0.3 is 0 Å². The van der Waals surface area contributed by atoms with Gasteiger partial charge in [-0.25, -0.2) is 18.9 Å². The van der Waals surface area contributed by atoms with Gasteiger partial charge < -0.3 is 5.32 Å². The van der Waals surface area contributed by atoms with Crippen LogP contribution in [0, 0.1) is 13.8 Å². The third-order valence-corrected chi connectivity index (χ3v) is 6.36. The third-order valence-electron chi connectivity index (χ3n) is 5.20. The Morgan fingerprint density at radius 3 is 2.71 bits per heavy atom. The molecule has 9 heteroatoms. The number of rotatable bonds is 2. The highest BCUT2D eigenvalue weighted by atomic mass is 32.1. The molecule has 0 saturated carbocycles. The van der Waals surface area contributed by atoms with Crippen LogP contribution in [0.4, 0.5) is 4.39 Å². The number of hydrogen-bond acceptors (Lipinski definition) is 6. The molecule has 5 heterocycles. The fourth-order valence-corrected chi connectivity index (χ4v) is 4.81. The van der Waals surface area contributed by atoms with Crippen molar-refractivity contribution in [3.63, 3.8) is 0 Å². The Labute approximate surface area is 163 Å². The lowest BCUT2D eigenvalue weighted by atomic mass is 9.93. The molecule has 1 aliphatic heterocycles. The minimum atomic E-state index is -1.40. The fraction of sp³-hybridized carbons (Fsp3) is 0.368. The van der Waals surface area contributed by atoms with Crippen molar-refractivity contribution >= 4 is 21.9 Å². The van der Waals surface area contributed by atoms with Gasteiger partial charge in [0.25, 0.3) is 5.56 Å². The zero-order valence-corrected chi connectivity index (χ0v) is 16.4. The minimum absolute atomic E-state index is 0.235. The number of aromatic nitrogens is 5. The van der Waals surface area contributed by atoms with Crippen molar-refractivity contribution < 1.29 is 4.39 Å². The Morgan fingerprint density at radius 2 is 1.93 bits per heavy atom. The molecule has 1 saturated heterocycles. The van der Waals surface area contributed by atoms with Gasteiger partial charge in [-0.05, 0) is 51.4 Å². The van der Waals surface area contributed by atoms with E-state index in [1.54, 1.807) is 10.7 Å². The highest BCUT2D eigenvalue weighted by molar-refractivity contribution is 7.17. The molecule has 0 bridgehead atoms. The van der Waals surface area contributed by atoms with Crippen LogP contribution in [0.3, 0.4) is 0 Å². The number of aryl methyl sites for hydroxylation is 2. The first kappa shape index (κ1) is 17.4. The smallest absolute Gasteiger partial charge is 0.259 e. The van der Waals surface area contributed by atoms with Crippen molar-refractivity contribution in [2.45, 2.75) is 32.4 Å². The summed E-state index contributed by atoms with van der Waals surface area (Å²) in [6, 6.07) is 3.33. The van der Waals surface area contributed by atoms with Gasteiger partial charge in [-0.1, -0.05) is 11.3 Å². The average Bonchev–Trinajstić information content (AvgIpc) is 3.26. The Morgan fingerprint density at radius 1 is 1.14 bits per heavy atom. The molecule has 144 valence electrons. The van der Waals surface area contributed by atoms with E-state index in [0.717, 1.165) is 16.9 Å². The molecule has 4 aromatic rings. The van der Waals surface area contributed by atoms with Crippen LogP contribution in [0.5, 0.6) is 0 Å². The van der Waals surface area contributed by atoms with E-state index in [2.05, 4.69) is 20.4 Å². The summed E-state index contributed by atoms with van der Waals surface area (Å²) in [5, 5.41) is 7.72. The van der Waals surface area contributed by atoms with Crippen LogP contribution in [0.25, 0.3) is 22.0 Å². The zero-order valence-electron chi connectivity index (χ0n) is 15.6. The summed E-state index contributed by atoms with van der Waals surface area (Å²) in [6.45, 7) is 5.12. The molecule has 0 unspecified atom stereocenters. The lowest BCUT2D eigenvalue weighted by molar-refractivity contribution is 0.119. The molecule has 0 spiro atoms. The average molecular weight is 398 g/mol. The Balaban J connectivity index is 1.64. The van der Waals surface area contributed by atoms with E-state index in [-0.39, 0.29) is 5.56 Å². The monoisotopic (exact) mass is 398 g/mol. The molecule has 0 aliphatic carbocycles. The summed E-state index contributed by atoms with van der Waals surface area (Å²) in [5.74, 6) is 0. The maximum atomic E-state index is 15.3. The Bertz CT molecular complexity index is 1270. The summed E-state index contributed by atoms with van der Waals surface area (Å²) in [6.07, 6.45) is 4.24. The number of thiazole rings is 1. The summed E-state index contributed by atoms with van der Waals surface area (Å²) in [7, 11) is 0. The number of nitrogens with zero attached hydrogens (tertiary/aromatic N) is 5. The number of nitrogens with one attached hydrogen (secondary N) is 1. The predicted octanol–water partition coefficient (Wildman–Crippen LogP) is 2.63. The summed E-state index contributed by atoms with van der Waals surface area (Å²) in [5.41, 5.74) is 2.03. The quantitative estimate of drug-likeness (QED) is 0.562. The molecule has 0 atom stereocenters. The van der Waals surface area contributed by atoms with E-state index < -0.39 is 5.67 Å². The third kappa shape index (κ3) is 2.73. The first-order chi connectivity index (χ1) is 13.4. The topological polar surface area (TPSA) is 76.6 Å². The van der Waals surface area contributed by atoms with E-state index in [1.807, 2.05) is 26.1 Å². The number of piperidine rings is 1. The second-order valence-corrected chi connectivity index (χ2v) is 8.32. The maximum absolute atomic E-state index is 15.3. The van der Waals surface area contributed by atoms with Gasteiger partial charge in [-0.3, -0.25) is 9.20 Å². The molecule has 7 nitrogen and oxygen atoms in total. The highest BCUT2D eigenvalue weighted by Crippen LogP contribution is 2.38. The van der Waals surface area contributed by atoms with Gasteiger partial charge in [0.2, 0.25) is 0 Å². The lowest BCUT2D eigenvalue weighted by Crippen LogP contribution is -2.36. The van der Waals surface area contributed by atoms with Crippen LogP contribution >= 0.6 is 11.3 Å². The predicted molar refractivity (Wildman–Crippen MR) is 106 cm³/mol. The summed E-state index contributed by atoms with van der Waals surface area (Å²) in [4.78, 5) is 22.8. The van der Waals surface area contributed by atoms with E-state index in [4.69, 9.17) is 0 Å². The summed E-state index contributed by atoms with van der Waals surface area (Å²) < 4.78 is 18.5. The number of halogens is 1. The highest BCUT2D eigenvalue weighted by Gasteiger charge is 2.36. The Hall–Kier alpha value is -2.65. The van der Waals surface area contributed by atoms with Gasteiger partial charge in [-0.15, -0.1) is 0 Å². The van der Waals surface area contributed by atoms with E-state index >= 15 is 4.39 Å². The maximum Gasteiger partial charge on any atom is 0.259 e. The molecule has 4 aromatic heterocycles. The first-order valence-electron chi connectivity index (χ1n) is 9.20. The molecule has 0 amide bonds. The lowest BCUT2D eigenvalue weighted by Gasteiger charge is -2.28. The van der Waals surface area contributed by atoms with Gasteiger partial charge in [-0.2, -0.15) is 5.10 Å². The zero-order chi connectivity index (χ0) is 19.5. The molecule has 1 fully saturated rings.